The first-order valence-electron chi connectivity index (χ1n) is 6.83. The molecule has 0 fully saturated rings. The quantitative estimate of drug-likeness (QED) is 0.426. The Morgan fingerprint density at radius 1 is 1.27 bits per heavy atom. The molecular formula is C14H18N2O6. The number of rotatable bonds is 9. The fourth-order valence-electron chi connectivity index (χ4n) is 1.78. The van der Waals surface area contributed by atoms with Crippen LogP contribution in [0.15, 0.2) is 24.3 Å². The summed E-state index contributed by atoms with van der Waals surface area (Å²) in [5, 5.41) is 20.5. The van der Waals surface area contributed by atoms with Crippen molar-refractivity contribution in [2.75, 3.05) is 6.54 Å². The lowest BCUT2D eigenvalue weighted by molar-refractivity contribution is -0.386. The van der Waals surface area contributed by atoms with E-state index in [1.165, 1.54) is 25.1 Å². The number of hydrogen-bond acceptors (Lipinski definition) is 5. The first kappa shape index (κ1) is 17.4. The summed E-state index contributed by atoms with van der Waals surface area (Å²) in [6.07, 6.45) is 1.75. The van der Waals surface area contributed by atoms with E-state index in [2.05, 4.69) is 0 Å². The number of carboxylic acid groups (broad SMARTS) is 1. The zero-order valence-corrected chi connectivity index (χ0v) is 12.2. The molecule has 0 aliphatic rings. The Hall–Kier alpha value is -2.64. The lowest BCUT2D eigenvalue weighted by Crippen LogP contribution is -2.33. The van der Waals surface area contributed by atoms with Crippen molar-refractivity contribution in [3.63, 3.8) is 0 Å². The van der Waals surface area contributed by atoms with Gasteiger partial charge < -0.3 is 9.94 Å². The van der Waals surface area contributed by atoms with Crippen LogP contribution in [0.3, 0.4) is 0 Å². The minimum Gasteiger partial charge on any atom is -0.481 e. The monoisotopic (exact) mass is 310 g/mol. The second-order valence-corrected chi connectivity index (χ2v) is 4.64. The van der Waals surface area contributed by atoms with E-state index in [1.54, 1.807) is 6.07 Å². The van der Waals surface area contributed by atoms with Gasteiger partial charge in [0.05, 0.1) is 11.5 Å². The van der Waals surface area contributed by atoms with Crippen LogP contribution in [0.2, 0.25) is 0 Å². The predicted octanol–water partition coefficient (Wildman–Crippen LogP) is 2.38. The number of hydrogen-bond donors (Lipinski definition) is 1. The summed E-state index contributed by atoms with van der Waals surface area (Å²) in [6.45, 7) is 1.53. The maximum absolute atomic E-state index is 11.5. The third-order valence-corrected chi connectivity index (χ3v) is 2.87. The van der Waals surface area contributed by atoms with Crippen LogP contribution in [0.4, 0.5) is 5.69 Å². The van der Waals surface area contributed by atoms with Gasteiger partial charge in [-0.1, -0.05) is 18.6 Å². The SMILES string of the molecule is CC(=O)N(CCCCCC(=O)O)Oc1ccccc1[N+](=O)[O-]. The summed E-state index contributed by atoms with van der Waals surface area (Å²) in [7, 11) is 0. The Kier molecular flexibility index (Phi) is 6.81. The van der Waals surface area contributed by atoms with Gasteiger partial charge in [0.2, 0.25) is 5.75 Å². The molecule has 0 atom stereocenters. The van der Waals surface area contributed by atoms with E-state index in [0.717, 1.165) is 5.06 Å². The molecule has 0 unspecified atom stereocenters. The van der Waals surface area contributed by atoms with Crippen molar-refractivity contribution in [1.82, 2.24) is 5.06 Å². The van der Waals surface area contributed by atoms with E-state index in [4.69, 9.17) is 9.94 Å². The molecule has 0 bridgehead atoms. The molecule has 1 rings (SSSR count). The van der Waals surface area contributed by atoms with Gasteiger partial charge in [0, 0.05) is 19.4 Å². The van der Waals surface area contributed by atoms with Crippen LogP contribution in [0.5, 0.6) is 5.75 Å². The molecule has 1 aromatic carbocycles. The van der Waals surface area contributed by atoms with E-state index < -0.39 is 10.9 Å². The molecule has 1 amide bonds. The summed E-state index contributed by atoms with van der Waals surface area (Å²) in [6, 6.07) is 5.79. The molecule has 0 heterocycles. The normalized spacial score (nSPS) is 10.0. The van der Waals surface area contributed by atoms with E-state index in [-0.39, 0.29) is 30.3 Å². The molecule has 0 aliphatic carbocycles. The van der Waals surface area contributed by atoms with Gasteiger partial charge in [-0.3, -0.25) is 19.7 Å². The minimum absolute atomic E-state index is 0.00626. The highest BCUT2D eigenvalue weighted by atomic mass is 16.7. The first-order chi connectivity index (χ1) is 10.4. The maximum atomic E-state index is 11.5. The van der Waals surface area contributed by atoms with Crippen molar-refractivity contribution in [2.45, 2.75) is 32.6 Å². The van der Waals surface area contributed by atoms with Crippen LogP contribution in [-0.2, 0) is 9.59 Å². The number of carbonyl (C=O) groups excluding carboxylic acids is 1. The minimum atomic E-state index is -0.861. The zero-order valence-electron chi connectivity index (χ0n) is 12.2. The van der Waals surface area contributed by atoms with Gasteiger partial charge >= 0.3 is 11.7 Å². The van der Waals surface area contributed by atoms with Crippen molar-refractivity contribution >= 4 is 17.6 Å². The molecule has 0 spiro atoms. The van der Waals surface area contributed by atoms with Gasteiger partial charge in [-0.15, -0.1) is 0 Å². The molecule has 8 nitrogen and oxygen atoms in total. The Labute approximate surface area is 127 Å². The Bertz CT molecular complexity index is 546. The number of benzene rings is 1. The molecule has 1 N–H and O–H groups in total. The third-order valence-electron chi connectivity index (χ3n) is 2.87. The third kappa shape index (κ3) is 5.78. The molecule has 0 aromatic heterocycles. The molecule has 0 saturated carbocycles. The van der Waals surface area contributed by atoms with Crippen molar-refractivity contribution < 1.29 is 24.5 Å². The maximum Gasteiger partial charge on any atom is 0.314 e. The van der Waals surface area contributed by atoms with Crippen molar-refractivity contribution in [2.24, 2.45) is 0 Å². The van der Waals surface area contributed by atoms with Gasteiger partial charge in [0.15, 0.2) is 0 Å². The van der Waals surface area contributed by atoms with Crippen molar-refractivity contribution in [1.29, 1.82) is 0 Å². The highest BCUT2D eigenvalue weighted by Gasteiger charge is 2.19. The predicted molar refractivity (Wildman–Crippen MR) is 77.2 cm³/mol. The Morgan fingerprint density at radius 2 is 1.95 bits per heavy atom. The Morgan fingerprint density at radius 3 is 2.55 bits per heavy atom. The highest BCUT2D eigenvalue weighted by molar-refractivity contribution is 5.72. The number of carboxylic acids is 1. The van der Waals surface area contributed by atoms with Gasteiger partial charge in [0.25, 0.3) is 5.91 Å². The summed E-state index contributed by atoms with van der Waals surface area (Å²) in [5.74, 6) is -1.25. The Balaban J connectivity index is 2.60. The standard InChI is InChI=1S/C14H18N2O6/c1-11(17)15(10-6-2-3-9-14(18)19)22-13-8-5-4-7-12(13)16(20)21/h4-5,7-8H,2-3,6,9-10H2,1H3,(H,18,19). The average Bonchev–Trinajstić information content (AvgIpc) is 2.45. The summed E-state index contributed by atoms with van der Waals surface area (Å²) >= 11 is 0. The number of nitro benzene ring substituents is 1. The molecule has 22 heavy (non-hydrogen) atoms. The van der Waals surface area contributed by atoms with E-state index in [1.807, 2.05) is 0 Å². The van der Waals surface area contributed by atoms with Crippen LogP contribution in [-0.4, -0.2) is 33.5 Å². The van der Waals surface area contributed by atoms with Crippen LogP contribution in [0.1, 0.15) is 32.6 Å². The van der Waals surface area contributed by atoms with Gasteiger partial charge in [-0.2, -0.15) is 5.06 Å². The van der Waals surface area contributed by atoms with E-state index in [0.29, 0.717) is 19.3 Å². The second kappa shape index (κ2) is 8.60. The largest absolute Gasteiger partial charge is 0.481 e. The zero-order chi connectivity index (χ0) is 16.5. The fraction of sp³-hybridized carbons (Fsp3) is 0.429. The van der Waals surface area contributed by atoms with E-state index in [9.17, 15) is 19.7 Å². The summed E-state index contributed by atoms with van der Waals surface area (Å²) in [4.78, 5) is 37.6. The molecule has 8 heteroatoms. The second-order valence-electron chi connectivity index (χ2n) is 4.64. The molecule has 0 aliphatic heterocycles. The molecule has 0 saturated heterocycles. The van der Waals surface area contributed by atoms with Gasteiger partial charge in [-0.25, -0.2) is 0 Å². The number of amides is 1. The summed E-state index contributed by atoms with van der Waals surface area (Å²) in [5.41, 5.74) is -0.223. The van der Waals surface area contributed by atoms with Crippen molar-refractivity contribution in [3.05, 3.63) is 34.4 Å². The first-order valence-corrected chi connectivity index (χ1v) is 6.83. The summed E-state index contributed by atoms with van der Waals surface area (Å²) < 4.78 is 0. The number of hydroxylamine groups is 2. The fourth-order valence-corrected chi connectivity index (χ4v) is 1.78. The number of unbranched alkanes of at least 4 members (excludes halogenated alkanes) is 2. The average molecular weight is 310 g/mol. The van der Waals surface area contributed by atoms with Crippen LogP contribution >= 0.6 is 0 Å². The van der Waals surface area contributed by atoms with E-state index >= 15 is 0 Å². The number of para-hydroxylation sites is 2. The van der Waals surface area contributed by atoms with Gasteiger partial charge in [0.1, 0.15) is 0 Å². The topological polar surface area (TPSA) is 110 Å². The molecular weight excluding hydrogens is 292 g/mol. The number of carbonyl (C=O) groups is 2. The number of aliphatic carboxylic acids is 1. The smallest absolute Gasteiger partial charge is 0.314 e. The highest BCUT2D eigenvalue weighted by Crippen LogP contribution is 2.26. The van der Waals surface area contributed by atoms with Crippen molar-refractivity contribution in [3.8, 4) is 5.75 Å². The number of nitrogens with zero attached hydrogens (tertiary/aromatic N) is 2. The molecule has 0 radical (unpaired) electrons. The van der Waals surface area contributed by atoms with Crippen LogP contribution in [0, 0.1) is 10.1 Å². The lowest BCUT2D eigenvalue weighted by atomic mass is 10.2. The molecule has 1 aromatic rings. The van der Waals surface area contributed by atoms with Crippen LogP contribution in [0.25, 0.3) is 0 Å². The number of nitro groups is 1. The van der Waals surface area contributed by atoms with Crippen LogP contribution < -0.4 is 4.84 Å². The molecule has 120 valence electrons. The van der Waals surface area contributed by atoms with Gasteiger partial charge in [-0.05, 0) is 18.9 Å². The lowest BCUT2D eigenvalue weighted by Gasteiger charge is -2.20.